The standard InChI is InChI=1S/C22H21ClN2O3S/c1-6-14-7-8-15-9-10-17(12-16(15)11-14)27-21(29-5)20(26)24-22(3,4)19-18(23)13(2)28-25-19/h1,7-12,21H,2-5H3,(H,24,26). The van der Waals surface area contributed by atoms with Crippen molar-refractivity contribution in [1.82, 2.24) is 10.5 Å². The number of benzene rings is 2. The van der Waals surface area contributed by atoms with Crippen molar-refractivity contribution in [3.05, 3.63) is 58.4 Å². The molecule has 1 unspecified atom stereocenters. The van der Waals surface area contributed by atoms with Gasteiger partial charge >= 0.3 is 0 Å². The van der Waals surface area contributed by atoms with Crippen molar-refractivity contribution in [2.75, 3.05) is 6.26 Å². The van der Waals surface area contributed by atoms with Gasteiger partial charge < -0.3 is 14.6 Å². The summed E-state index contributed by atoms with van der Waals surface area (Å²) in [7, 11) is 0. The van der Waals surface area contributed by atoms with E-state index in [0.717, 1.165) is 16.3 Å². The lowest BCUT2D eigenvalue weighted by Crippen LogP contribution is -2.47. The number of ether oxygens (including phenoxy) is 1. The van der Waals surface area contributed by atoms with Gasteiger partial charge in [0.1, 0.15) is 16.5 Å². The summed E-state index contributed by atoms with van der Waals surface area (Å²) in [5, 5.41) is 9.30. The topological polar surface area (TPSA) is 64.4 Å². The molecule has 1 heterocycles. The van der Waals surface area contributed by atoms with Gasteiger partial charge in [-0.1, -0.05) is 34.8 Å². The molecule has 0 spiro atoms. The molecule has 7 heteroatoms. The van der Waals surface area contributed by atoms with Crippen molar-refractivity contribution in [2.45, 2.75) is 31.7 Å². The van der Waals surface area contributed by atoms with Crippen molar-refractivity contribution in [3.63, 3.8) is 0 Å². The maximum Gasteiger partial charge on any atom is 0.272 e. The first-order chi connectivity index (χ1) is 13.7. The number of carbonyl (C=O) groups excluding carboxylic acids is 1. The lowest BCUT2D eigenvalue weighted by atomic mass is 10.0. The Morgan fingerprint density at radius 1 is 1.31 bits per heavy atom. The number of hydrogen-bond acceptors (Lipinski definition) is 5. The zero-order valence-electron chi connectivity index (χ0n) is 16.6. The summed E-state index contributed by atoms with van der Waals surface area (Å²) in [5.74, 6) is 3.41. The third kappa shape index (κ3) is 4.52. The van der Waals surface area contributed by atoms with E-state index < -0.39 is 11.0 Å². The summed E-state index contributed by atoms with van der Waals surface area (Å²) < 4.78 is 11.1. The molecule has 150 valence electrons. The Hall–Kier alpha value is -2.62. The van der Waals surface area contributed by atoms with E-state index in [0.29, 0.717) is 22.2 Å². The Kier molecular flexibility index (Phi) is 6.11. The highest BCUT2D eigenvalue weighted by Gasteiger charge is 2.33. The van der Waals surface area contributed by atoms with Crippen molar-refractivity contribution in [2.24, 2.45) is 0 Å². The first-order valence-electron chi connectivity index (χ1n) is 8.89. The number of nitrogens with zero attached hydrogens (tertiary/aromatic N) is 1. The van der Waals surface area contributed by atoms with Crippen molar-refractivity contribution < 1.29 is 14.1 Å². The van der Waals surface area contributed by atoms with Crippen LogP contribution >= 0.6 is 23.4 Å². The SMILES string of the molecule is C#Cc1ccc2ccc(OC(SC)C(=O)NC(C)(C)c3noc(C)c3Cl)cc2c1. The van der Waals surface area contributed by atoms with Gasteiger partial charge in [-0.2, -0.15) is 0 Å². The van der Waals surface area contributed by atoms with Crippen LogP contribution in [0.2, 0.25) is 5.02 Å². The van der Waals surface area contributed by atoms with Gasteiger partial charge in [-0.25, -0.2) is 0 Å². The summed E-state index contributed by atoms with van der Waals surface area (Å²) in [6.45, 7) is 5.33. The Labute approximate surface area is 179 Å². The highest BCUT2D eigenvalue weighted by Crippen LogP contribution is 2.30. The van der Waals surface area contributed by atoms with Gasteiger partial charge in [0.2, 0.25) is 5.44 Å². The largest absolute Gasteiger partial charge is 0.470 e. The normalized spacial score (nSPS) is 12.4. The van der Waals surface area contributed by atoms with Gasteiger partial charge in [0.15, 0.2) is 5.76 Å². The number of terminal acetylenes is 1. The minimum absolute atomic E-state index is 0.295. The van der Waals surface area contributed by atoms with Crippen molar-refractivity contribution in [1.29, 1.82) is 0 Å². The molecule has 0 fully saturated rings. The predicted octanol–water partition coefficient (Wildman–Crippen LogP) is 4.89. The average molecular weight is 429 g/mol. The summed E-state index contributed by atoms with van der Waals surface area (Å²) >= 11 is 7.53. The van der Waals surface area contributed by atoms with Crippen LogP contribution in [0.4, 0.5) is 0 Å². The maximum absolute atomic E-state index is 12.9. The highest BCUT2D eigenvalue weighted by molar-refractivity contribution is 7.99. The monoisotopic (exact) mass is 428 g/mol. The summed E-state index contributed by atoms with van der Waals surface area (Å²) in [5.41, 5.74) is -0.323. The van der Waals surface area contributed by atoms with E-state index in [4.69, 9.17) is 27.3 Å². The summed E-state index contributed by atoms with van der Waals surface area (Å²) in [4.78, 5) is 12.9. The summed E-state index contributed by atoms with van der Waals surface area (Å²) in [6.07, 6.45) is 7.29. The lowest BCUT2D eigenvalue weighted by Gasteiger charge is -2.27. The second-order valence-corrected chi connectivity index (χ2v) is 8.35. The molecule has 3 rings (SSSR count). The molecule has 1 amide bonds. The third-order valence-electron chi connectivity index (χ3n) is 4.47. The number of halogens is 1. The van der Waals surface area contributed by atoms with E-state index in [2.05, 4.69) is 16.4 Å². The van der Waals surface area contributed by atoms with Crippen LogP contribution in [0.1, 0.15) is 30.9 Å². The van der Waals surface area contributed by atoms with Crippen molar-refractivity contribution >= 4 is 40.0 Å². The second kappa shape index (κ2) is 8.40. The van der Waals surface area contributed by atoms with Crippen LogP contribution in [0.5, 0.6) is 5.75 Å². The van der Waals surface area contributed by atoms with Crippen LogP contribution in [-0.4, -0.2) is 22.8 Å². The molecule has 3 aromatic rings. The first-order valence-corrected chi connectivity index (χ1v) is 10.6. The maximum atomic E-state index is 12.9. The van der Waals surface area contributed by atoms with E-state index in [-0.39, 0.29) is 5.91 Å². The summed E-state index contributed by atoms with van der Waals surface area (Å²) in [6, 6.07) is 11.4. The molecular formula is C22H21ClN2O3S. The number of hydrogen-bond donors (Lipinski definition) is 1. The van der Waals surface area contributed by atoms with Gasteiger partial charge in [0.25, 0.3) is 5.91 Å². The molecule has 1 N–H and O–H groups in total. The molecule has 0 radical (unpaired) electrons. The van der Waals surface area contributed by atoms with Crippen LogP contribution < -0.4 is 10.1 Å². The van der Waals surface area contributed by atoms with Gasteiger partial charge in [-0.3, -0.25) is 4.79 Å². The van der Waals surface area contributed by atoms with Crippen molar-refractivity contribution in [3.8, 4) is 18.1 Å². The molecular weight excluding hydrogens is 408 g/mol. The van der Waals surface area contributed by atoms with Crippen LogP contribution in [0.15, 0.2) is 40.9 Å². The predicted molar refractivity (Wildman–Crippen MR) is 117 cm³/mol. The smallest absolute Gasteiger partial charge is 0.272 e. The number of carbonyl (C=O) groups is 1. The van der Waals surface area contributed by atoms with E-state index in [9.17, 15) is 4.79 Å². The molecule has 0 aliphatic carbocycles. The molecule has 29 heavy (non-hydrogen) atoms. The van der Waals surface area contributed by atoms with Gasteiger partial charge in [-0.05, 0) is 62.1 Å². The number of aromatic nitrogens is 1. The third-order valence-corrected chi connectivity index (χ3v) is 5.65. The Morgan fingerprint density at radius 2 is 2.03 bits per heavy atom. The zero-order valence-corrected chi connectivity index (χ0v) is 18.1. The molecule has 0 saturated carbocycles. The van der Waals surface area contributed by atoms with E-state index in [1.54, 1.807) is 6.92 Å². The lowest BCUT2D eigenvalue weighted by molar-refractivity contribution is -0.126. The van der Waals surface area contributed by atoms with Crippen LogP contribution in [0.3, 0.4) is 0 Å². The van der Waals surface area contributed by atoms with Gasteiger partial charge in [-0.15, -0.1) is 18.2 Å². The van der Waals surface area contributed by atoms with E-state index in [1.165, 1.54) is 11.8 Å². The minimum atomic E-state index is -0.825. The van der Waals surface area contributed by atoms with Crippen LogP contribution in [0, 0.1) is 19.3 Å². The number of nitrogens with one attached hydrogen (secondary N) is 1. The average Bonchev–Trinajstić information content (AvgIpc) is 3.04. The van der Waals surface area contributed by atoms with Crippen LogP contribution in [-0.2, 0) is 10.3 Å². The van der Waals surface area contributed by atoms with Crippen LogP contribution in [0.25, 0.3) is 10.8 Å². The number of fused-ring (bicyclic) bond motifs is 1. The van der Waals surface area contributed by atoms with E-state index >= 15 is 0 Å². The molecule has 0 aliphatic heterocycles. The fourth-order valence-corrected chi connectivity index (χ4v) is 3.68. The quantitative estimate of drug-likeness (QED) is 0.447. The molecule has 5 nitrogen and oxygen atoms in total. The number of amides is 1. The molecule has 0 saturated heterocycles. The highest BCUT2D eigenvalue weighted by atomic mass is 35.5. The number of rotatable bonds is 6. The fraction of sp³-hybridized carbons (Fsp3) is 0.273. The number of thioether (sulfide) groups is 1. The van der Waals surface area contributed by atoms with Gasteiger partial charge in [0, 0.05) is 5.56 Å². The molecule has 1 aromatic heterocycles. The minimum Gasteiger partial charge on any atom is -0.470 e. The molecule has 0 aliphatic rings. The van der Waals surface area contributed by atoms with Gasteiger partial charge in [0.05, 0.1) is 5.54 Å². The Bertz CT molecular complexity index is 1100. The molecule has 0 bridgehead atoms. The zero-order chi connectivity index (χ0) is 21.2. The first kappa shape index (κ1) is 21.1. The molecule has 2 aromatic carbocycles. The van der Waals surface area contributed by atoms with E-state index in [1.807, 2.05) is 56.5 Å². The Balaban J connectivity index is 1.78. The second-order valence-electron chi connectivity index (χ2n) is 7.07. The fourth-order valence-electron chi connectivity index (χ4n) is 2.90. The Morgan fingerprint density at radius 3 is 2.66 bits per heavy atom. The number of aryl methyl sites for hydroxylation is 1. The molecule has 1 atom stereocenters.